The Labute approximate surface area is 173 Å². The Hall–Kier alpha value is -3.30. The molecule has 1 saturated heterocycles. The van der Waals surface area contributed by atoms with Gasteiger partial charge >= 0.3 is 12.0 Å². The van der Waals surface area contributed by atoms with Gasteiger partial charge in [0, 0.05) is 25.0 Å². The average molecular weight is 413 g/mol. The quantitative estimate of drug-likeness (QED) is 0.541. The van der Waals surface area contributed by atoms with Gasteiger partial charge in [-0.2, -0.15) is 4.98 Å². The first-order chi connectivity index (χ1) is 14.4. The molecule has 1 aliphatic carbocycles. The van der Waals surface area contributed by atoms with Gasteiger partial charge in [0.1, 0.15) is 12.1 Å². The van der Waals surface area contributed by atoms with Gasteiger partial charge in [0.2, 0.25) is 5.82 Å². The minimum Gasteiger partial charge on any atom is -0.451 e. The zero-order chi connectivity index (χ0) is 21.3. The predicted molar refractivity (Wildman–Crippen MR) is 103 cm³/mol. The van der Waals surface area contributed by atoms with Gasteiger partial charge in [0.05, 0.1) is 0 Å². The Morgan fingerprint density at radius 3 is 2.77 bits per heavy atom. The maximum absolute atomic E-state index is 13.0. The maximum atomic E-state index is 13.0. The number of carbonyl (C=O) groups is 3. The molecular formula is C20H23N5O5. The summed E-state index contributed by atoms with van der Waals surface area (Å²) in [7, 11) is 1.62. The highest BCUT2D eigenvalue weighted by Crippen LogP contribution is 2.39. The van der Waals surface area contributed by atoms with Crippen LogP contribution in [0.3, 0.4) is 0 Å². The zero-order valence-corrected chi connectivity index (χ0v) is 16.9. The second-order valence-corrected chi connectivity index (χ2v) is 7.66. The van der Waals surface area contributed by atoms with Gasteiger partial charge in [-0.05, 0) is 31.9 Å². The largest absolute Gasteiger partial charge is 0.451 e. The van der Waals surface area contributed by atoms with E-state index in [0.717, 1.165) is 24.2 Å². The van der Waals surface area contributed by atoms with E-state index in [1.807, 2.05) is 0 Å². The van der Waals surface area contributed by atoms with Gasteiger partial charge in [0.25, 0.3) is 11.8 Å². The first-order valence-electron chi connectivity index (χ1n) is 9.95. The van der Waals surface area contributed by atoms with Crippen LogP contribution in [0, 0.1) is 0 Å². The Kier molecular flexibility index (Phi) is 5.23. The normalized spacial score (nSPS) is 19.4. The minimum atomic E-state index is -0.829. The van der Waals surface area contributed by atoms with E-state index in [1.54, 1.807) is 38.5 Å². The number of ether oxygens (including phenoxy) is 1. The van der Waals surface area contributed by atoms with Crippen molar-refractivity contribution in [2.24, 2.45) is 0 Å². The monoisotopic (exact) mass is 413 g/mol. The van der Waals surface area contributed by atoms with Crippen LogP contribution in [0.5, 0.6) is 0 Å². The third-order valence-electron chi connectivity index (χ3n) is 5.79. The second-order valence-electron chi connectivity index (χ2n) is 7.66. The van der Waals surface area contributed by atoms with E-state index >= 15 is 0 Å². The molecule has 158 valence electrons. The second kappa shape index (κ2) is 7.85. The minimum absolute atomic E-state index is 0.113. The number of hydrogen-bond acceptors (Lipinski definition) is 8. The van der Waals surface area contributed by atoms with Crippen LogP contribution in [0.4, 0.5) is 4.79 Å². The van der Waals surface area contributed by atoms with Gasteiger partial charge in [-0.3, -0.25) is 19.5 Å². The lowest BCUT2D eigenvalue weighted by Crippen LogP contribution is -2.49. The number of amides is 3. The van der Waals surface area contributed by atoms with Crippen LogP contribution in [-0.2, 0) is 14.3 Å². The van der Waals surface area contributed by atoms with Gasteiger partial charge in [-0.25, -0.2) is 4.79 Å². The molecule has 2 aliphatic rings. The molecule has 0 N–H and O–H groups in total. The van der Waals surface area contributed by atoms with Gasteiger partial charge in [-0.15, -0.1) is 0 Å². The standard InChI is InChI=1S/C20H23N5O5/c1-13(17-22-16(23-30-17)14-7-6-10-21-11-14)29-15(26)12-25-18(27)20(24(2)19(25)28)8-4-3-5-9-20/h6-7,10-11,13H,3-5,8-9,12H2,1-2H3. The fourth-order valence-electron chi connectivity index (χ4n) is 4.10. The van der Waals surface area contributed by atoms with Crippen molar-refractivity contribution in [3.8, 4) is 11.4 Å². The lowest BCUT2D eigenvalue weighted by Gasteiger charge is -2.35. The van der Waals surface area contributed by atoms with E-state index < -0.39 is 30.2 Å². The number of likely N-dealkylation sites (N-methyl/N-ethyl adjacent to an activating group) is 1. The van der Waals surface area contributed by atoms with Crippen LogP contribution >= 0.6 is 0 Å². The van der Waals surface area contributed by atoms with E-state index in [4.69, 9.17) is 9.26 Å². The Balaban J connectivity index is 1.40. The summed E-state index contributed by atoms with van der Waals surface area (Å²) in [6, 6.07) is 3.05. The van der Waals surface area contributed by atoms with Crippen LogP contribution in [0.25, 0.3) is 11.4 Å². The van der Waals surface area contributed by atoms with E-state index in [1.165, 1.54) is 4.90 Å². The van der Waals surface area contributed by atoms with Crippen molar-refractivity contribution in [1.29, 1.82) is 0 Å². The van der Waals surface area contributed by atoms with Crippen molar-refractivity contribution >= 4 is 17.9 Å². The van der Waals surface area contributed by atoms with Crippen LogP contribution in [0.2, 0.25) is 0 Å². The molecule has 1 spiro atoms. The average Bonchev–Trinajstić information content (AvgIpc) is 3.32. The summed E-state index contributed by atoms with van der Waals surface area (Å²) >= 11 is 0. The number of rotatable bonds is 5. The zero-order valence-electron chi connectivity index (χ0n) is 16.9. The van der Waals surface area contributed by atoms with Gasteiger partial charge in [-0.1, -0.05) is 24.4 Å². The molecule has 4 rings (SSSR count). The van der Waals surface area contributed by atoms with Crippen LogP contribution in [0.15, 0.2) is 29.0 Å². The number of aromatic nitrogens is 3. The highest BCUT2D eigenvalue weighted by Gasteiger charge is 2.56. The fourth-order valence-corrected chi connectivity index (χ4v) is 4.10. The molecule has 10 nitrogen and oxygen atoms in total. The van der Waals surface area contributed by atoms with Gasteiger partial charge in [0.15, 0.2) is 6.10 Å². The molecule has 3 heterocycles. The highest BCUT2D eigenvalue weighted by atomic mass is 16.6. The van der Waals surface area contributed by atoms with Crippen LogP contribution in [0.1, 0.15) is 51.0 Å². The topological polar surface area (TPSA) is 119 Å². The molecule has 30 heavy (non-hydrogen) atoms. The first kappa shape index (κ1) is 20.0. The number of hydrogen-bond donors (Lipinski definition) is 0. The fraction of sp³-hybridized carbons (Fsp3) is 0.500. The smallest absolute Gasteiger partial charge is 0.327 e. The molecule has 1 unspecified atom stereocenters. The van der Waals surface area contributed by atoms with E-state index in [9.17, 15) is 14.4 Å². The lowest BCUT2D eigenvalue weighted by atomic mass is 9.81. The van der Waals surface area contributed by atoms with Crippen molar-refractivity contribution in [3.63, 3.8) is 0 Å². The summed E-state index contributed by atoms with van der Waals surface area (Å²) in [4.78, 5) is 48.7. The molecule has 10 heteroatoms. The number of esters is 1. The molecule has 2 aromatic rings. The van der Waals surface area contributed by atoms with E-state index in [2.05, 4.69) is 15.1 Å². The Morgan fingerprint density at radius 1 is 1.30 bits per heavy atom. The molecule has 0 aromatic carbocycles. The predicted octanol–water partition coefficient (Wildman–Crippen LogP) is 2.33. The van der Waals surface area contributed by atoms with Gasteiger partial charge < -0.3 is 14.2 Å². The third kappa shape index (κ3) is 3.42. The third-order valence-corrected chi connectivity index (χ3v) is 5.79. The summed E-state index contributed by atoms with van der Waals surface area (Å²) in [5.41, 5.74) is -0.160. The molecule has 1 aliphatic heterocycles. The Bertz CT molecular complexity index is 954. The summed E-state index contributed by atoms with van der Waals surface area (Å²) < 4.78 is 10.5. The number of nitrogens with zero attached hydrogens (tertiary/aromatic N) is 5. The molecule has 2 aromatic heterocycles. The molecule has 0 bridgehead atoms. The molecule has 1 saturated carbocycles. The van der Waals surface area contributed by atoms with Crippen molar-refractivity contribution < 1.29 is 23.6 Å². The van der Waals surface area contributed by atoms with Crippen molar-refractivity contribution in [2.75, 3.05) is 13.6 Å². The number of pyridine rings is 1. The molecule has 0 radical (unpaired) electrons. The Morgan fingerprint density at radius 2 is 2.07 bits per heavy atom. The SMILES string of the molecule is CC(OC(=O)CN1C(=O)N(C)C2(CCCCC2)C1=O)c1nc(-c2cccnc2)no1. The van der Waals surface area contributed by atoms with Crippen LogP contribution in [-0.4, -0.2) is 62.0 Å². The van der Waals surface area contributed by atoms with E-state index in [0.29, 0.717) is 24.2 Å². The summed E-state index contributed by atoms with van der Waals surface area (Å²) in [5.74, 6) is -0.601. The number of urea groups is 1. The van der Waals surface area contributed by atoms with Crippen molar-refractivity contribution in [3.05, 3.63) is 30.4 Å². The number of imide groups is 1. The summed E-state index contributed by atoms with van der Waals surface area (Å²) in [6.07, 6.45) is 6.44. The molecular weight excluding hydrogens is 390 g/mol. The van der Waals surface area contributed by atoms with Crippen molar-refractivity contribution in [2.45, 2.75) is 50.7 Å². The lowest BCUT2D eigenvalue weighted by molar-refractivity contribution is -0.153. The molecule has 2 fully saturated rings. The highest BCUT2D eigenvalue weighted by molar-refractivity contribution is 6.08. The number of carbonyl (C=O) groups excluding carboxylic acids is 3. The van der Waals surface area contributed by atoms with Crippen LogP contribution < -0.4 is 0 Å². The van der Waals surface area contributed by atoms with Crippen molar-refractivity contribution in [1.82, 2.24) is 24.9 Å². The summed E-state index contributed by atoms with van der Waals surface area (Å²) in [6.45, 7) is 1.14. The maximum Gasteiger partial charge on any atom is 0.327 e. The summed E-state index contributed by atoms with van der Waals surface area (Å²) in [5, 5.41) is 3.87. The molecule has 1 atom stereocenters. The first-order valence-corrected chi connectivity index (χ1v) is 9.95. The molecule has 3 amide bonds. The van der Waals surface area contributed by atoms with E-state index in [-0.39, 0.29) is 11.8 Å².